The molecule has 1 aromatic rings. The van der Waals surface area contributed by atoms with Gasteiger partial charge in [0.05, 0.1) is 0 Å². The first kappa shape index (κ1) is 24.2. The quantitative estimate of drug-likeness (QED) is 0.236. The second-order valence-electron chi connectivity index (χ2n) is 6.81. The van der Waals surface area contributed by atoms with E-state index in [1.807, 2.05) is 0 Å². The molecule has 0 aliphatic heterocycles. The molecule has 14 heteroatoms. The van der Waals surface area contributed by atoms with E-state index < -0.39 is 46.7 Å². The first-order chi connectivity index (χ1) is 12.1. The van der Waals surface area contributed by atoms with Gasteiger partial charge in [0.1, 0.15) is 6.73 Å². The van der Waals surface area contributed by atoms with Gasteiger partial charge in [-0.1, -0.05) is 19.6 Å². The molecule has 0 bridgehead atoms. The zero-order chi connectivity index (χ0) is 20.9. The first-order valence-corrected chi connectivity index (χ1v) is 13.0. The van der Waals surface area contributed by atoms with E-state index in [0.717, 1.165) is 23.0 Å². The third-order valence-corrected chi connectivity index (χ3v) is 6.56. The Kier molecular flexibility index (Phi) is 8.12. The zero-order valence-electron chi connectivity index (χ0n) is 14.9. The molecular formula is C13H21F6N2O4PSi. The Labute approximate surface area is 153 Å². The summed E-state index contributed by atoms with van der Waals surface area (Å²) in [4.78, 5) is 0. The van der Waals surface area contributed by atoms with Gasteiger partial charge in [-0.25, -0.2) is 4.68 Å². The molecule has 0 radical (unpaired) electrons. The van der Waals surface area contributed by atoms with Crippen molar-refractivity contribution < 1.29 is 44.7 Å². The predicted molar refractivity (Wildman–Crippen MR) is 87.6 cm³/mol. The Bertz CT molecular complexity index is 622. The Morgan fingerprint density at radius 2 is 1.59 bits per heavy atom. The standard InChI is InChI=1S/C13H21F6N2O4PSi/c1-27(2,3)7-6-23-10-21-11(4-5-20-21)26(22,24-8-12(14,15)16)25-9-13(17,18)19/h4-5H,6-10H2,1-3H3. The molecule has 0 N–H and O–H groups in total. The number of hydrogen-bond acceptors (Lipinski definition) is 5. The average molecular weight is 442 g/mol. The van der Waals surface area contributed by atoms with Crippen LogP contribution in [0.3, 0.4) is 0 Å². The summed E-state index contributed by atoms with van der Waals surface area (Å²) >= 11 is 0. The molecule has 27 heavy (non-hydrogen) atoms. The van der Waals surface area contributed by atoms with Gasteiger partial charge >= 0.3 is 19.9 Å². The Hall–Kier alpha value is -0.883. The maximum absolute atomic E-state index is 12.6. The summed E-state index contributed by atoms with van der Waals surface area (Å²) in [5.74, 6) is 0. The van der Waals surface area contributed by atoms with Crippen LogP contribution in [0.2, 0.25) is 25.7 Å². The van der Waals surface area contributed by atoms with Gasteiger partial charge in [-0.15, -0.1) is 0 Å². The first-order valence-electron chi connectivity index (χ1n) is 7.74. The summed E-state index contributed by atoms with van der Waals surface area (Å²) in [7, 11) is -6.35. The predicted octanol–water partition coefficient (Wildman–Crippen LogP) is 4.17. The van der Waals surface area contributed by atoms with Crippen LogP contribution < -0.4 is 5.44 Å². The third-order valence-electron chi connectivity index (χ3n) is 2.98. The van der Waals surface area contributed by atoms with Crippen LogP contribution in [0.4, 0.5) is 26.3 Å². The van der Waals surface area contributed by atoms with E-state index in [0.29, 0.717) is 6.61 Å². The largest absolute Gasteiger partial charge is 0.412 e. The minimum absolute atomic E-state index is 0.312. The van der Waals surface area contributed by atoms with Crippen molar-refractivity contribution in [1.82, 2.24) is 9.78 Å². The number of nitrogens with zero attached hydrogens (tertiary/aromatic N) is 2. The molecule has 1 rings (SSSR count). The molecule has 0 spiro atoms. The fourth-order valence-electron chi connectivity index (χ4n) is 1.67. The molecule has 0 saturated carbocycles. The minimum atomic E-state index is -4.95. The number of alkyl halides is 6. The van der Waals surface area contributed by atoms with Crippen molar-refractivity contribution in [2.24, 2.45) is 0 Å². The van der Waals surface area contributed by atoms with Crippen LogP contribution in [0.1, 0.15) is 0 Å². The van der Waals surface area contributed by atoms with Crippen LogP contribution in [0, 0.1) is 0 Å². The maximum Gasteiger partial charge on any atom is 0.412 e. The molecule has 0 aliphatic carbocycles. The molecule has 0 aliphatic rings. The van der Waals surface area contributed by atoms with Gasteiger partial charge in [-0.05, 0) is 12.1 Å². The van der Waals surface area contributed by atoms with Crippen LogP contribution in [0.15, 0.2) is 12.3 Å². The highest BCUT2D eigenvalue weighted by molar-refractivity contribution is 7.62. The van der Waals surface area contributed by atoms with Gasteiger partial charge in [-0.2, -0.15) is 31.4 Å². The Morgan fingerprint density at radius 3 is 2.04 bits per heavy atom. The van der Waals surface area contributed by atoms with Gasteiger partial charge in [0.2, 0.25) is 0 Å². The lowest BCUT2D eigenvalue weighted by atomic mass is 10.7. The molecule has 0 atom stereocenters. The molecule has 0 aromatic carbocycles. The number of ether oxygens (including phenoxy) is 1. The van der Waals surface area contributed by atoms with Gasteiger partial charge in [0.25, 0.3) is 0 Å². The normalized spacial score (nSPS) is 14.0. The summed E-state index contributed by atoms with van der Waals surface area (Å²) in [6, 6.07) is 1.74. The summed E-state index contributed by atoms with van der Waals surface area (Å²) in [6.45, 7) is 2.21. The topological polar surface area (TPSA) is 62.6 Å². The van der Waals surface area contributed by atoms with Crippen molar-refractivity contribution in [2.45, 2.75) is 44.8 Å². The number of hydrogen-bond donors (Lipinski definition) is 0. The van der Waals surface area contributed by atoms with Gasteiger partial charge < -0.3 is 4.74 Å². The van der Waals surface area contributed by atoms with E-state index >= 15 is 0 Å². The molecule has 6 nitrogen and oxygen atoms in total. The molecule has 0 unspecified atom stereocenters. The molecule has 158 valence electrons. The van der Waals surface area contributed by atoms with E-state index in [-0.39, 0.29) is 6.73 Å². The summed E-state index contributed by atoms with van der Waals surface area (Å²) in [5, 5.41) is 3.71. The molecule has 0 fully saturated rings. The SMILES string of the molecule is C[Si](C)(C)CCOCn1nccc1P(=O)(OCC(F)(F)F)OCC(F)(F)F. The van der Waals surface area contributed by atoms with Gasteiger partial charge in [-0.3, -0.25) is 13.6 Å². The fraction of sp³-hybridized carbons (Fsp3) is 0.769. The van der Waals surface area contributed by atoms with Crippen molar-refractivity contribution in [3.05, 3.63) is 12.3 Å². The lowest BCUT2D eigenvalue weighted by Gasteiger charge is -2.21. The van der Waals surface area contributed by atoms with Crippen molar-refractivity contribution in [3.63, 3.8) is 0 Å². The van der Waals surface area contributed by atoms with Gasteiger partial charge in [0.15, 0.2) is 18.6 Å². The number of halogens is 6. The van der Waals surface area contributed by atoms with Crippen LogP contribution in [-0.4, -0.2) is 50.0 Å². The van der Waals surface area contributed by atoms with Crippen LogP contribution >= 0.6 is 7.60 Å². The lowest BCUT2D eigenvalue weighted by Crippen LogP contribution is -2.28. The third kappa shape index (κ3) is 9.74. The molecule has 0 saturated heterocycles. The highest BCUT2D eigenvalue weighted by Crippen LogP contribution is 2.49. The molecule has 1 heterocycles. The monoisotopic (exact) mass is 442 g/mol. The average Bonchev–Trinajstić information content (AvgIpc) is 2.94. The van der Waals surface area contributed by atoms with E-state index in [1.165, 1.54) is 0 Å². The smallest absolute Gasteiger partial charge is 0.360 e. The number of aromatic nitrogens is 2. The second kappa shape index (κ2) is 9.08. The molecule has 0 amide bonds. The maximum atomic E-state index is 12.6. The van der Waals surface area contributed by atoms with Crippen LogP contribution in [0.5, 0.6) is 0 Å². The zero-order valence-corrected chi connectivity index (χ0v) is 16.8. The lowest BCUT2D eigenvalue weighted by molar-refractivity contribution is -0.164. The van der Waals surface area contributed by atoms with Crippen LogP contribution in [-0.2, 0) is 25.1 Å². The Morgan fingerprint density at radius 1 is 1.07 bits per heavy atom. The molecule has 1 aromatic heterocycles. The van der Waals surface area contributed by atoms with Crippen molar-refractivity contribution in [2.75, 3.05) is 19.8 Å². The summed E-state index contributed by atoms with van der Waals surface area (Å²) in [5.41, 5.74) is -0.552. The van der Waals surface area contributed by atoms with E-state index in [1.54, 1.807) is 0 Å². The second-order valence-corrected chi connectivity index (χ2v) is 14.4. The fourth-order valence-corrected chi connectivity index (χ4v) is 4.04. The van der Waals surface area contributed by atoms with Crippen molar-refractivity contribution in [1.29, 1.82) is 0 Å². The van der Waals surface area contributed by atoms with E-state index in [9.17, 15) is 30.9 Å². The van der Waals surface area contributed by atoms with Crippen LogP contribution in [0.25, 0.3) is 0 Å². The highest BCUT2D eigenvalue weighted by Gasteiger charge is 2.41. The van der Waals surface area contributed by atoms with Crippen molar-refractivity contribution in [3.8, 4) is 0 Å². The molecular weight excluding hydrogens is 421 g/mol. The summed E-state index contributed by atoms with van der Waals surface area (Å²) < 4.78 is 102. The van der Waals surface area contributed by atoms with Crippen molar-refractivity contribution >= 4 is 21.1 Å². The Balaban J connectivity index is 2.92. The number of rotatable bonds is 10. The minimum Gasteiger partial charge on any atom is -0.360 e. The highest BCUT2D eigenvalue weighted by atomic mass is 31.2. The van der Waals surface area contributed by atoms with E-state index in [2.05, 4.69) is 33.8 Å². The summed E-state index contributed by atoms with van der Waals surface area (Å²) in [6.07, 6.45) is -8.76. The van der Waals surface area contributed by atoms with E-state index in [4.69, 9.17) is 4.74 Å². The van der Waals surface area contributed by atoms with Gasteiger partial charge in [0, 0.05) is 20.9 Å².